The highest BCUT2D eigenvalue weighted by Gasteiger charge is 2.44. The van der Waals surface area contributed by atoms with Crippen LogP contribution in [0.25, 0.3) is 0 Å². The zero-order valence-corrected chi connectivity index (χ0v) is 16.1. The molecule has 0 bridgehead atoms. The molecule has 1 saturated carbocycles. The van der Waals surface area contributed by atoms with Crippen molar-refractivity contribution in [3.8, 4) is 11.8 Å². The maximum Gasteiger partial charge on any atom is 0.224 e. The van der Waals surface area contributed by atoms with Crippen molar-refractivity contribution in [2.75, 3.05) is 0 Å². The fourth-order valence-electron chi connectivity index (χ4n) is 3.53. The van der Waals surface area contributed by atoms with E-state index in [1.165, 1.54) is 12.1 Å². The van der Waals surface area contributed by atoms with Gasteiger partial charge in [0, 0.05) is 24.0 Å². The number of sulfone groups is 1. The normalized spacial score (nSPS) is 30.7. The molecule has 1 fully saturated rings. The molecule has 3 rings (SSSR count). The SMILES string of the molecule is CC1(C#N)CC(Oc2ccc(S(=O)(=O)C(C)(F)P)c3c2CCC3O)C1. The monoisotopic (exact) mass is 385 g/mol. The van der Waals surface area contributed by atoms with Crippen LogP contribution in [0.3, 0.4) is 0 Å². The molecule has 8 heteroatoms. The molecule has 2 aliphatic rings. The van der Waals surface area contributed by atoms with Gasteiger partial charge in [0.15, 0.2) is 0 Å². The Morgan fingerprint density at radius 2 is 2.12 bits per heavy atom. The third kappa shape index (κ3) is 3.05. The second-order valence-electron chi connectivity index (χ2n) is 7.32. The molecule has 1 aromatic rings. The van der Waals surface area contributed by atoms with E-state index in [-0.39, 0.29) is 22.0 Å². The Kier molecular flexibility index (Phi) is 4.39. The van der Waals surface area contributed by atoms with E-state index in [1.54, 1.807) is 9.24 Å². The number of benzene rings is 1. The van der Waals surface area contributed by atoms with Gasteiger partial charge in [-0.05, 0) is 38.8 Å². The second kappa shape index (κ2) is 5.90. The number of halogens is 1. The quantitative estimate of drug-likeness (QED) is 0.805. The van der Waals surface area contributed by atoms with E-state index < -0.39 is 20.7 Å². The van der Waals surface area contributed by atoms with Crippen LogP contribution in [0, 0.1) is 16.7 Å². The van der Waals surface area contributed by atoms with E-state index in [0.29, 0.717) is 37.0 Å². The number of aliphatic hydroxyl groups is 1. The Bertz CT molecular complexity index is 851. The summed E-state index contributed by atoms with van der Waals surface area (Å²) in [6, 6.07) is 5.09. The molecule has 0 amide bonds. The summed E-state index contributed by atoms with van der Waals surface area (Å²) in [4.78, 5) is -0.185. The van der Waals surface area contributed by atoms with Gasteiger partial charge in [-0.25, -0.2) is 12.8 Å². The minimum atomic E-state index is -4.26. The minimum absolute atomic E-state index is 0.109. The second-order valence-corrected chi connectivity index (χ2v) is 11.1. The third-order valence-corrected chi connectivity index (χ3v) is 7.93. The van der Waals surface area contributed by atoms with Gasteiger partial charge in [0.1, 0.15) is 11.9 Å². The van der Waals surface area contributed by atoms with E-state index >= 15 is 0 Å². The molecule has 3 unspecified atom stereocenters. The van der Waals surface area contributed by atoms with Gasteiger partial charge in [-0.3, -0.25) is 0 Å². The summed E-state index contributed by atoms with van der Waals surface area (Å²) in [5, 5.41) is 19.3. The summed E-state index contributed by atoms with van der Waals surface area (Å²) in [7, 11) is -2.56. The number of ether oxygens (including phenoxy) is 1. The highest BCUT2D eigenvalue weighted by atomic mass is 32.2. The van der Waals surface area contributed by atoms with Crippen LogP contribution >= 0.6 is 9.24 Å². The standard InChI is InChI=1S/C17H21FNO4PS/c1-16(9-19)7-10(8-16)23-13-5-6-14(25(21,22)17(2,18)24)15-11(13)3-4-12(15)20/h5-6,10,12,20H,3-4,7-8,24H2,1-2H3. The van der Waals surface area contributed by atoms with Crippen LogP contribution in [-0.4, -0.2) is 24.4 Å². The number of alkyl halides is 1. The fraction of sp³-hybridized carbons (Fsp3) is 0.588. The molecule has 0 aromatic heterocycles. The summed E-state index contributed by atoms with van der Waals surface area (Å²) < 4.78 is 42.6. The van der Waals surface area contributed by atoms with Crippen LogP contribution in [0.2, 0.25) is 0 Å². The Balaban J connectivity index is 1.97. The van der Waals surface area contributed by atoms with Crippen LogP contribution in [0.5, 0.6) is 5.75 Å². The maximum atomic E-state index is 14.2. The van der Waals surface area contributed by atoms with Crippen molar-refractivity contribution in [3.05, 3.63) is 23.3 Å². The number of rotatable bonds is 4. The lowest BCUT2D eigenvalue weighted by atomic mass is 9.69. The lowest BCUT2D eigenvalue weighted by Gasteiger charge is -2.39. The third-order valence-electron chi connectivity index (χ3n) is 5.01. The molecule has 0 radical (unpaired) electrons. The average molecular weight is 385 g/mol. The number of hydrogen-bond donors (Lipinski definition) is 1. The zero-order valence-electron chi connectivity index (χ0n) is 14.1. The van der Waals surface area contributed by atoms with Crippen molar-refractivity contribution >= 4 is 19.1 Å². The number of fused-ring (bicyclic) bond motifs is 1. The molecule has 0 saturated heterocycles. The number of aliphatic hydroxyl groups excluding tert-OH is 1. The molecule has 1 N–H and O–H groups in total. The summed E-state index contributed by atoms with van der Waals surface area (Å²) in [5.74, 6) is 0.514. The van der Waals surface area contributed by atoms with Gasteiger partial charge in [0.25, 0.3) is 0 Å². The first kappa shape index (κ1) is 18.6. The van der Waals surface area contributed by atoms with Crippen molar-refractivity contribution in [2.45, 2.75) is 61.4 Å². The summed E-state index contributed by atoms with van der Waals surface area (Å²) in [5.41, 5.74) is 0.478. The van der Waals surface area contributed by atoms with Gasteiger partial charge in [-0.2, -0.15) is 5.26 Å². The molecule has 0 aliphatic heterocycles. The number of nitriles is 1. The Labute approximate surface area is 149 Å². The van der Waals surface area contributed by atoms with Crippen molar-refractivity contribution in [2.24, 2.45) is 5.41 Å². The lowest BCUT2D eigenvalue weighted by Crippen LogP contribution is -2.41. The molecular formula is C17H21FNO4PS. The molecule has 2 aliphatic carbocycles. The van der Waals surface area contributed by atoms with Crippen molar-refractivity contribution in [1.29, 1.82) is 5.26 Å². The van der Waals surface area contributed by atoms with E-state index in [1.807, 2.05) is 6.92 Å². The van der Waals surface area contributed by atoms with Gasteiger partial charge in [0.2, 0.25) is 14.6 Å². The van der Waals surface area contributed by atoms with Crippen LogP contribution in [0.4, 0.5) is 4.39 Å². The van der Waals surface area contributed by atoms with E-state index in [2.05, 4.69) is 6.07 Å². The Hall–Kier alpha value is -1.22. The lowest BCUT2D eigenvalue weighted by molar-refractivity contribution is 0.0334. The van der Waals surface area contributed by atoms with Crippen molar-refractivity contribution in [1.82, 2.24) is 0 Å². The molecule has 25 heavy (non-hydrogen) atoms. The van der Waals surface area contributed by atoms with Gasteiger partial charge in [-0.15, -0.1) is 0 Å². The van der Waals surface area contributed by atoms with Gasteiger partial charge >= 0.3 is 0 Å². The van der Waals surface area contributed by atoms with Gasteiger partial charge < -0.3 is 9.84 Å². The summed E-state index contributed by atoms with van der Waals surface area (Å²) in [6.45, 7) is 2.83. The highest BCUT2D eigenvalue weighted by Crippen LogP contribution is 2.47. The number of hydrogen-bond acceptors (Lipinski definition) is 5. The highest BCUT2D eigenvalue weighted by molar-refractivity contribution is 7.96. The number of nitrogens with zero attached hydrogens (tertiary/aromatic N) is 1. The Morgan fingerprint density at radius 1 is 1.48 bits per heavy atom. The van der Waals surface area contributed by atoms with Crippen LogP contribution in [0.15, 0.2) is 17.0 Å². The molecule has 136 valence electrons. The molecule has 3 atom stereocenters. The molecule has 0 spiro atoms. The van der Waals surface area contributed by atoms with Crippen LogP contribution in [0.1, 0.15) is 50.3 Å². The molecule has 5 nitrogen and oxygen atoms in total. The summed E-state index contributed by atoms with van der Waals surface area (Å²) in [6.07, 6.45) is 0.989. The molecular weight excluding hydrogens is 364 g/mol. The van der Waals surface area contributed by atoms with Crippen LogP contribution in [-0.2, 0) is 16.3 Å². The largest absolute Gasteiger partial charge is 0.490 e. The van der Waals surface area contributed by atoms with E-state index in [4.69, 9.17) is 10.00 Å². The average Bonchev–Trinajstić information content (AvgIpc) is 2.87. The predicted octanol–water partition coefficient (Wildman–Crippen LogP) is 3.03. The van der Waals surface area contributed by atoms with Crippen LogP contribution < -0.4 is 4.74 Å². The smallest absolute Gasteiger partial charge is 0.224 e. The maximum absolute atomic E-state index is 14.2. The van der Waals surface area contributed by atoms with E-state index in [0.717, 1.165) is 6.92 Å². The van der Waals surface area contributed by atoms with E-state index in [9.17, 15) is 17.9 Å². The minimum Gasteiger partial charge on any atom is -0.490 e. The van der Waals surface area contributed by atoms with Gasteiger partial charge in [-0.1, -0.05) is 9.24 Å². The summed E-state index contributed by atoms with van der Waals surface area (Å²) >= 11 is 0. The molecule has 1 aromatic carbocycles. The van der Waals surface area contributed by atoms with Gasteiger partial charge in [0.05, 0.1) is 22.5 Å². The predicted molar refractivity (Wildman–Crippen MR) is 93.5 cm³/mol. The fourth-order valence-corrected chi connectivity index (χ4v) is 5.14. The van der Waals surface area contributed by atoms with Crippen molar-refractivity contribution < 1.29 is 22.7 Å². The topological polar surface area (TPSA) is 87.4 Å². The molecule has 0 heterocycles. The first-order valence-corrected chi connectivity index (χ1v) is 10.2. The first-order valence-electron chi connectivity index (χ1n) is 8.13. The Morgan fingerprint density at radius 3 is 2.68 bits per heavy atom. The zero-order chi connectivity index (χ0) is 18.6. The van der Waals surface area contributed by atoms with Crippen molar-refractivity contribution in [3.63, 3.8) is 0 Å². The first-order chi connectivity index (χ1) is 11.5.